The van der Waals surface area contributed by atoms with Gasteiger partial charge >= 0.3 is 0 Å². The zero-order chi connectivity index (χ0) is 11.5. The molecule has 1 aromatic carbocycles. The Morgan fingerprint density at radius 2 is 2.00 bits per heavy atom. The molecule has 16 heavy (non-hydrogen) atoms. The molecule has 0 aliphatic carbocycles. The third-order valence-corrected chi connectivity index (χ3v) is 4.15. The molecule has 0 saturated carbocycles. The zero-order valence-corrected chi connectivity index (χ0v) is 10.3. The van der Waals surface area contributed by atoms with Crippen molar-refractivity contribution in [2.45, 2.75) is 0 Å². The lowest BCUT2D eigenvalue weighted by Crippen LogP contribution is -2.38. The number of halogens is 1. The molecule has 0 spiro atoms. The number of hydrogen-bond acceptors (Lipinski definition) is 3. The number of nitrogens with zero attached hydrogens (tertiary/aromatic N) is 1. The second-order valence-electron chi connectivity index (χ2n) is 3.66. The van der Waals surface area contributed by atoms with Gasteiger partial charge in [0.15, 0.2) is 6.29 Å². The first kappa shape index (κ1) is 11.6. The first-order valence-electron chi connectivity index (χ1n) is 5.05. The summed E-state index contributed by atoms with van der Waals surface area (Å²) in [5, 5.41) is 0.562. The molecule has 0 unspecified atom stereocenters. The summed E-state index contributed by atoms with van der Waals surface area (Å²) < 4.78 is 11.2. The molecular formula is C11H12ClNO2S. The van der Waals surface area contributed by atoms with Gasteiger partial charge in [-0.25, -0.2) is 0 Å². The van der Waals surface area contributed by atoms with Crippen molar-refractivity contribution < 1.29 is 9.00 Å². The van der Waals surface area contributed by atoms with E-state index in [0.29, 0.717) is 22.1 Å². The molecule has 0 N–H and O–H groups in total. The van der Waals surface area contributed by atoms with Crippen molar-refractivity contribution in [1.29, 1.82) is 0 Å². The Hall–Kier alpha value is -0.870. The van der Waals surface area contributed by atoms with Crippen LogP contribution in [0.3, 0.4) is 0 Å². The van der Waals surface area contributed by atoms with Crippen molar-refractivity contribution in [1.82, 2.24) is 0 Å². The van der Waals surface area contributed by atoms with Gasteiger partial charge in [-0.1, -0.05) is 11.6 Å². The number of rotatable bonds is 2. The maximum Gasteiger partial charge on any atom is 0.152 e. The maximum atomic E-state index is 11.2. The highest BCUT2D eigenvalue weighted by Gasteiger charge is 2.17. The first-order valence-corrected chi connectivity index (χ1v) is 6.92. The van der Waals surface area contributed by atoms with Crippen LogP contribution >= 0.6 is 11.6 Å². The molecule has 3 nitrogen and oxygen atoms in total. The number of hydrogen-bond donors (Lipinski definition) is 0. The maximum absolute atomic E-state index is 11.2. The van der Waals surface area contributed by atoms with Gasteiger partial charge in [0.05, 0.1) is 0 Å². The van der Waals surface area contributed by atoms with Crippen LogP contribution in [0.1, 0.15) is 10.4 Å². The molecule has 1 aromatic rings. The van der Waals surface area contributed by atoms with Crippen molar-refractivity contribution >= 4 is 34.4 Å². The fraction of sp³-hybridized carbons (Fsp3) is 0.364. The van der Waals surface area contributed by atoms with E-state index < -0.39 is 10.8 Å². The first-order chi connectivity index (χ1) is 7.70. The standard InChI is InChI=1S/C11H12ClNO2S/c12-10-1-2-11(9(7-10)8-14)13-3-5-16(15)6-4-13/h1-2,7-8H,3-6H2. The summed E-state index contributed by atoms with van der Waals surface area (Å²) >= 11 is 5.83. The van der Waals surface area contributed by atoms with E-state index in [1.807, 2.05) is 6.07 Å². The molecule has 0 amide bonds. The third-order valence-electron chi connectivity index (χ3n) is 2.63. The van der Waals surface area contributed by atoms with Crippen molar-refractivity contribution in [3.63, 3.8) is 0 Å². The summed E-state index contributed by atoms with van der Waals surface area (Å²) in [6, 6.07) is 5.28. The Morgan fingerprint density at radius 1 is 1.31 bits per heavy atom. The van der Waals surface area contributed by atoms with Crippen molar-refractivity contribution in [2.75, 3.05) is 29.5 Å². The Kier molecular flexibility index (Phi) is 3.61. The predicted octanol–water partition coefficient (Wildman–Crippen LogP) is 1.72. The summed E-state index contributed by atoms with van der Waals surface area (Å²) in [5.41, 5.74) is 1.48. The topological polar surface area (TPSA) is 37.4 Å². The molecule has 2 rings (SSSR count). The summed E-state index contributed by atoms with van der Waals surface area (Å²) in [6.07, 6.45) is 0.812. The second-order valence-corrected chi connectivity index (χ2v) is 5.79. The Balaban J connectivity index is 2.26. The minimum atomic E-state index is -0.704. The third kappa shape index (κ3) is 2.44. The van der Waals surface area contributed by atoms with Gasteiger partial charge in [0.2, 0.25) is 0 Å². The predicted molar refractivity (Wildman–Crippen MR) is 66.9 cm³/mol. The van der Waals surface area contributed by atoms with Gasteiger partial charge < -0.3 is 4.90 Å². The Bertz CT molecular complexity index is 426. The van der Waals surface area contributed by atoms with Crippen LogP contribution in [0.5, 0.6) is 0 Å². The minimum absolute atomic E-state index is 0.562. The summed E-state index contributed by atoms with van der Waals surface area (Å²) in [5.74, 6) is 1.34. The van der Waals surface area contributed by atoms with Crippen LogP contribution < -0.4 is 4.90 Å². The SMILES string of the molecule is O=Cc1cc(Cl)ccc1N1CCS(=O)CC1. The van der Waals surface area contributed by atoms with E-state index >= 15 is 0 Å². The van der Waals surface area contributed by atoms with Crippen molar-refractivity contribution in [3.05, 3.63) is 28.8 Å². The van der Waals surface area contributed by atoms with Crippen molar-refractivity contribution in [2.24, 2.45) is 0 Å². The van der Waals surface area contributed by atoms with E-state index in [1.54, 1.807) is 12.1 Å². The summed E-state index contributed by atoms with van der Waals surface area (Å²) in [7, 11) is -0.704. The highest BCUT2D eigenvalue weighted by Crippen LogP contribution is 2.24. The lowest BCUT2D eigenvalue weighted by Gasteiger charge is -2.29. The summed E-state index contributed by atoms with van der Waals surface area (Å²) in [4.78, 5) is 13.0. The quantitative estimate of drug-likeness (QED) is 0.757. The van der Waals surface area contributed by atoms with E-state index in [2.05, 4.69) is 4.90 Å². The largest absolute Gasteiger partial charge is 0.369 e. The average Bonchev–Trinajstić information content (AvgIpc) is 2.30. The Labute approximate surface area is 102 Å². The van der Waals surface area contributed by atoms with Crippen LogP contribution in [-0.2, 0) is 10.8 Å². The van der Waals surface area contributed by atoms with Crippen LogP contribution in [0, 0.1) is 0 Å². The van der Waals surface area contributed by atoms with E-state index in [0.717, 1.165) is 25.1 Å². The van der Waals surface area contributed by atoms with E-state index in [4.69, 9.17) is 11.6 Å². The van der Waals surface area contributed by atoms with Crippen LogP contribution in [-0.4, -0.2) is 35.1 Å². The fourth-order valence-electron chi connectivity index (χ4n) is 1.79. The normalized spacial score (nSPS) is 17.4. The molecule has 0 radical (unpaired) electrons. The van der Waals surface area contributed by atoms with Gasteiger partial charge in [0.1, 0.15) is 0 Å². The number of carbonyl (C=O) groups is 1. The summed E-state index contributed by atoms with van der Waals surface area (Å²) in [6.45, 7) is 1.46. The van der Waals surface area contributed by atoms with Crippen molar-refractivity contribution in [3.8, 4) is 0 Å². The smallest absolute Gasteiger partial charge is 0.152 e. The van der Waals surface area contributed by atoms with Gasteiger partial charge in [-0.2, -0.15) is 0 Å². The van der Waals surface area contributed by atoms with E-state index in [1.165, 1.54) is 0 Å². The number of carbonyl (C=O) groups excluding carboxylic acids is 1. The van der Waals surface area contributed by atoms with Gasteiger partial charge in [-0.05, 0) is 18.2 Å². The molecule has 86 valence electrons. The number of benzene rings is 1. The second kappa shape index (κ2) is 4.97. The van der Waals surface area contributed by atoms with Crippen LogP contribution in [0.2, 0.25) is 5.02 Å². The molecule has 1 saturated heterocycles. The van der Waals surface area contributed by atoms with E-state index in [9.17, 15) is 9.00 Å². The molecule has 1 aliphatic heterocycles. The van der Waals surface area contributed by atoms with Gasteiger partial charge in [0.25, 0.3) is 0 Å². The number of aldehydes is 1. The molecular weight excluding hydrogens is 246 g/mol. The molecule has 5 heteroatoms. The highest BCUT2D eigenvalue weighted by atomic mass is 35.5. The monoisotopic (exact) mass is 257 g/mol. The van der Waals surface area contributed by atoms with Gasteiger partial charge in [0, 0.05) is 51.7 Å². The minimum Gasteiger partial charge on any atom is -0.369 e. The molecule has 1 heterocycles. The van der Waals surface area contributed by atoms with Gasteiger partial charge in [-0.3, -0.25) is 9.00 Å². The molecule has 1 aliphatic rings. The van der Waals surface area contributed by atoms with Crippen LogP contribution in [0.4, 0.5) is 5.69 Å². The zero-order valence-electron chi connectivity index (χ0n) is 8.69. The molecule has 0 atom stereocenters. The van der Waals surface area contributed by atoms with Crippen LogP contribution in [0.25, 0.3) is 0 Å². The fourth-order valence-corrected chi connectivity index (χ4v) is 3.02. The van der Waals surface area contributed by atoms with E-state index in [-0.39, 0.29) is 0 Å². The lowest BCUT2D eigenvalue weighted by molar-refractivity contribution is 0.112. The number of anilines is 1. The average molecular weight is 258 g/mol. The molecule has 0 bridgehead atoms. The highest BCUT2D eigenvalue weighted by molar-refractivity contribution is 7.85. The lowest BCUT2D eigenvalue weighted by atomic mass is 10.1. The van der Waals surface area contributed by atoms with Crippen LogP contribution in [0.15, 0.2) is 18.2 Å². The molecule has 0 aromatic heterocycles. The molecule has 1 fully saturated rings. The Morgan fingerprint density at radius 3 is 2.62 bits per heavy atom. The van der Waals surface area contributed by atoms with Gasteiger partial charge in [-0.15, -0.1) is 0 Å².